The summed E-state index contributed by atoms with van der Waals surface area (Å²) in [4.78, 5) is 20.0. The zero-order valence-electron chi connectivity index (χ0n) is 20.0. The number of hydrogen-bond acceptors (Lipinski definition) is 5. The highest BCUT2D eigenvalue weighted by atomic mass is 79.9. The molecule has 0 atom stereocenters. The molecule has 0 unspecified atom stereocenters. The summed E-state index contributed by atoms with van der Waals surface area (Å²) in [5.74, 6) is 1.25. The molecule has 6 nitrogen and oxygen atoms in total. The molecule has 0 aliphatic carbocycles. The molecule has 0 saturated heterocycles. The molecule has 4 aromatic rings. The normalized spacial score (nSPS) is 11.5. The van der Waals surface area contributed by atoms with Crippen LogP contribution >= 0.6 is 27.5 Å². The number of benzene rings is 3. The molecule has 0 amide bonds. The topological polar surface area (TPSA) is 59.7 Å². The third kappa shape index (κ3) is 5.74. The molecule has 0 aliphatic heterocycles. The van der Waals surface area contributed by atoms with E-state index >= 15 is 0 Å². The van der Waals surface area contributed by atoms with Gasteiger partial charge in [0.1, 0.15) is 18.2 Å². The van der Waals surface area contributed by atoms with E-state index in [9.17, 15) is 4.79 Å². The van der Waals surface area contributed by atoms with Gasteiger partial charge >= 0.3 is 0 Å². The largest absolute Gasteiger partial charge is 0.488 e. The van der Waals surface area contributed by atoms with E-state index in [0.29, 0.717) is 34.1 Å². The minimum absolute atomic E-state index is 0.00430. The molecule has 0 radical (unpaired) electrons. The van der Waals surface area contributed by atoms with E-state index in [1.54, 1.807) is 12.3 Å². The van der Waals surface area contributed by atoms with Crippen molar-refractivity contribution in [2.24, 2.45) is 5.10 Å². The second kappa shape index (κ2) is 10.6. The number of halogens is 2. The second-order valence-corrected chi connectivity index (χ2v) is 10.0. The first kappa shape index (κ1) is 24.9. The summed E-state index contributed by atoms with van der Waals surface area (Å²) in [7, 11) is 3.94. The summed E-state index contributed by atoms with van der Waals surface area (Å²) in [6.45, 7) is 4.35. The Hall–Kier alpha value is -3.16. The standard InChI is InChI=1S/C27H26BrClN4O2/c1-17(2)26-31-24-12-8-20(28)13-23(24)27(34)33(26)30-15-19-7-11-22(32(3)4)14-25(19)35-16-18-5-9-21(29)10-6-18/h5-15,17H,16H2,1-4H3. The van der Waals surface area contributed by atoms with E-state index in [1.807, 2.05) is 87.4 Å². The molecule has 1 aromatic heterocycles. The van der Waals surface area contributed by atoms with Gasteiger partial charge in [-0.05, 0) is 48.0 Å². The van der Waals surface area contributed by atoms with Gasteiger partial charge in [-0.25, -0.2) is 4.98 Å². The lowest BCUT2D eigenvalue weighted by Gasteiger charge is -2.16. The minimum atomic E-state index is -0.218. The summed E-state index contributed by atoms with van der Waals surface area (Å²) < 4.78 is 8.36. The van der Waals surface area contributed by atoms with E-state index in [1.165, 1.54) is 4.68 Å². The molecule has 0 spiro atoms. The highest BCUT2D eigenvalue weighted by Gasteiger charge is 2.14. The van der Waals surface area contributed by atoms with Gasteiger partial charge in [-0.1, -0.05) is 53.5 Å². The van der Waals surface area contributed by atoms with Crippen molar-refractivity contribution in [3.63, 3.8) is 0 Å². The maximum absolute atomic E-state index is 13.3. The van der Waals surface area contributed by atoms with Gasteiger partial charge in [-0.2, -0.15) is 9.78 Å². The molecule has 0 N–H and O–H groups in total. The highest BCUT2D eigenvalue weighted by molar-refractivity contribution is 9.10. The predicted octanol–water partition coefficient (Wildman–Crippen LogP) is 6.46. The maximum atomic E-state index is 13.3. The molecule has 0 saturated carbocycles. The Morgan fingerprint density at radius 3 is 2.54 bits per heavy atom. The van der Waals surface area contributed by atoms with Gasteiger partial charge in [-0.3, -0.25) is 4.79 Å². The van der Waals surface area contributed by atoms with Gasteiger partial charge in [0.25, 0.3) is 5.56 Å². The summed E-state index contributed by atoms with van der Waals surface area (Å²) >= 11 is 9.44. The molecule has 3 aromatic carbocycles. The van der Waals surface area contributed by atoms with E-state index < -0.39 is 0 Å². The van der Waals surface area contributed by atoms with Crippen molar-refractivity contribution in [3.05, 3.63) is 97.5 Å². The Morgan fingerprint density at radius 2 is 1.86 bits per heavy atom. The SMILES string of the molecule is CC(C)c1nc2ccc(Br)cc2c(=O)n1N=Cc1ccc(N(C)C)cc1OCc1ccc(Cl)cc1. The van der Waals surface area contributed by atoms with Gasteiger partial charge < -0.3 is 9.64 Å². The van der Waals surface area contributed by atoms with Crippen LogP contribution in [0.15, 0.2) is 75.0 Å². The van der Waals surface area contributed by atoms with E-state index in [-0.39, 0.29) is 11.5 Å². The number of nitrogens with zero attached hydrogens (tertiary/aromatic N) is 4. The molecule has 4 rings (SSSR count). The van der Waals surface area contributed by atoms with Crippen LogP contribution < -0.4 is 15.2 Å². The molecule has 1 heterocycles. The number of rotatable bonds is 7. The van der Waals surface area contributed by atoms with Gasteiger partial charge in [0.15, 0.2) is 0 Å². The fourth-order valence-corrected chi connectivity index (χ4v) is 4.03. The lowest BCUT2D eigenvalue weighted by Crippen LogP contribution is -2.23. The highest BCUT2D eigenvalue weighted by Crippen LogP contribution is 2.26. The molecule has 35 heavy (non-hydrogen) atoms. The Balaban J connectivity index is 1.75. The maximum Gasteiger partial charge on any atom is 0.282 e. The Labute approximate surface area is 218 Å². The van der Waals surface area contributed by atoms with Crippen molar-refractivity contribution in [2.75, 3.05) is 19.0 Å². The number of ether oxygens (including phenoxy) is 1. The molecular formula is C27H26BrClN4O2. The third-order valence-electron chi connectivity index (χ3n) is 5.48. The zero-order chi connectivity index (χ0) is 25.1. The molecule has 8 heteroatoms. The number of anilines is 1. The second-order valence-electron chi connectivity index (χ2n) is 8.68. The van der Waals surface area contributed by atoms with Crippen molar-refractivity contribution in [2.45, 2.75) is 26.4 Å². The Bertz CT molecular complexity index is 1450. The van der Waals surface area contributed by atoms with Crippen LogP contribution in [-0.4, -0.2) is 30.0 Å². The van der Waals surface area contributed by atoms with Crippen LogP contribution in [0.3, 0.4) is 0 Å². The van der Waals surface area contributed by atoms with Crippen LogP contribution in [0.5, 0.6) is 5.75 Å². The van der Waals surface area contributed by atoms with Gasteiger partial charge in [0, 0.05) is 46.8 Å². The fourth-order valence-electron chi connectivity index (χ4n) is 3.55. The molecule has 180 valence electrons. The number of aromatic nitrogens is 2. The minimum Gasteiger partial charge on any atom is -0.488 e. The van der Waals surface area contributed by atoms with E-state index in [4.69, 9.17) is 21.3 Å². The van der Waals surface area contributed by atoms with Crippen LogP contribution in [0, 0.1) is 0 Å². The van der Waals surface area contributed by atoms with Crippen LogP contribution in [0.4, 0.5) is 5.69 Å². The van der Waals surface area contributed by atoms with Crippen LogP contribution in [0.1, 0.15) is 36.7 Å². The molecule has 0 bridgehead atoms. The van der Waals surface area contributed by atoms with Gasteiger partial charge in [-0.15, -0.1) is 0 Å². The quantitative estimate of drug-likeness (QED) is 0.246. The first-order chi connectivity index (χ1) is 16.7. The van der Waals surface area contributed by atoms with Gasteiger partial charge in [0.2, 0.25) is 0 Å². The van der Waals surface area contributed by atoms with Crippen molar-refractivity contribution >= 4 is 50.3 Å². The van der Waals surface area contributed by atoms with Gasteiger partial charge in [0.05, 0.1) is 17.1 Å². The lowest BCUT2D eigenvalue weighted by molar-refractivity contribution is 0.306. The number of fused-ring (bicyclic) bond motifs is 1. The fraction of sp³-hybridized carbons (Fsp3) is 0.222. The van der Waals surface area contributed by atoms with E-state index in [2.05, 4.69) is 21.0 Å². The number of hydrogen-bond donors (Lipinski definition) is 0. The van der Waals surface area contributed by atoms with E-state index in [0.717, 1.165) is 21.3 Å². The smallest absolute Gasteiger partial charge is 0.282 e. The van der Waals surface area contributed by atoms with Crippen molar-refractivity contribution in [1.82, 2.24) is 9.66 Å². The summed E-state index contributed by atoms with van der Waals surface area (Å²) in [5.41, 5.74) is 3.17. The van der Waals surface area contributed by atoms with Crippen molar-refractivity contribution < 1.29 is 4.74 Å². The van der Waals surface area contributed by atoms with Crippen LogP contribution in [0.2, 0.25) is 5.02 Å². The zero-order valence-corrected chi connectivity index (χ0v) is 22.3. The first-order valence-corrected chi connectivity index (χ1v) is 12.3. The first-order valence-electron chi connectivity index (χ1n) is 11.2. The molecular weight excluding hydrogens is 528 g/mol. The molecule has 0 aliphatic rings. The van der Waals surface area contributed by atoms with Crippen molar-refractivity contribution in [3.8, 4) is 5.75 Å². The monoisotopic (exact) mass is 552 g/mol. The molecule has 0 fully saturated rings. The lowest BCUT2D eigenvalue weighted by atomic mass is 10.1. The summed E-state index contributed by atoms with van der Waals surface area (Å²) in [6, 6.07) is 18.9. The van der Waals surface area contributed by atoms with Crippen LogP contribution in [-0.2, 0) is 6.61 Å². The predicted molar refractivity (Wildman–Crippen MR) is 147 cm³/mol. The Morgan fingerprint density at radius 1 is 1.11 bits per heavy atom. The average Bonchev–Trinajstić information content (AvgIpc) is 2.83. The van der Waals surface area contributed by atoms with Crippen molar-refractivity contribution in [1.29, 1.82) is 0 Å². The van der Waals surface area contributed by atoms with Crippen LogP contribution in [0.25, 0.3) is 10.9 Å². The summed E-state index contributed by atoms with van der Waals surface area (Å²) in [5, 5.41) is 5.75. The Kier molecular flexibility index (Phi) is 7.57. The third-order valence-corrected chi connectivity index (χ3v) is 6.23. The average molecular weight is 554 g/mol. The summed E-state index contributed by atoms with van der Waals surface area (Å²) in [6.07, 6.45) is 1.65.